The Bertz CT molecular complexity index is 1050. The molecule has 8 heteroatoms. The van der Waals surface area contributed by atoms with E-state index < -0.39 is 0 Å². The molecule has 0 bridgehead atoms. The predicted molar refractivity (Wildman–Crippen MR) is 114 cm³/mol. The van der Waals surface area contributed by atoms with Gasteiger partial charge in [0.15, 0.2) is 5.69 Å². The Hall–Kier alpha value is -3.42. The quantitative estimate of drug-likeness (QED) is 0.634. The summed E-state index contributed by atoms with van der Waals surface area (Å²) in [7, 11) is 0. The Morgan fingerprint density at radius 3 is 2.53 bits per heavy atom. The van der Waals surface area contributed by atoms with Crippen molar-refractivity contribution in [3.63, 3.8) is 0 Å². The van der Waals surface area contributed by atoms with E-state index in [-0.39, 0.29) is 5.91 Å². The molecule has 2 aliphatic rings. The smallest absolute Gasteiger partial charge is 0.277 e. The van der Waals surface area contributed by atoms with Crippen LogP contribution in [-0.4, -0.2) is 34.1 Å². The van der Waals surface area contributed by atoms with Crippen molar-refractivity contribution >= 4 is 29.0 Å². The predicted octanol–water partition coefficient (Wildman–Crippen LogP) is 4.25. The van der Waals surface area contributed by atoms with Gasteiger partial charge < -0.3 is 20.1 Å². The number of benzene rings is 1. The lowest BCUT2D eigenvalue weighted by Gasteiger charge is -2.17. The van der Waals surface area contributed by atoms with Crippen LogP contribution in [0.15, 0.2) is 40.9 Å². The number of amides is 1. The van der Waals surface area contributed by atoms with Gasteiger partial charge in [0.05, 0.1) is 0 Å². The first-order valence-electron chi connectivity index (χ1n) is 10.4. The lowest BCUT2D eigenvalue weighted by atomic mass is 10.2. The summed E-state index contributed by atoms with van der Waals surface area (Å²) in [5.41, 5.74) is 2.77. The number of anilines is 4. The van der Waals surface area contributed by atoms with Crippen LogP contribution < -0.4 is 15.5 Å². The zero-order chi connectivity index (χ0) is 20.5. The summed E-state index contributed by atoms with van der Waals surface area (Å²) >= 11 is 0. The second-order valence-electron chi connectivity index (χ2n) is 7.93. The van der Waals surface area contributed by atoms with Crippen LogP contribution in [0, 0.1) is 6.92 Å². The summed E-state index contributed by atoms with van der Waals surface area (Å²) in [4.78, 5) is 23.8. The number of hydrogen-bond donors (Lipinski definition) is 2. The molecule has 3 heterocycles. The number of hydrogen-bond acceptors (Lipinski definition) is 7. The maximum Gasteiger partial charge on any atom is 0.277 e. The number of nitrogens with zero attached hydrogens (tertiary/aromatic N) is 4. The standard InChI is InChI=1S/C22H24N6O2/c1-14-12-20(28-10-2-3-11-28)26-22(23-14)25-17-8-6-16(7-9-17)24-21(29)18-13-19(30-27-18)15-4-5-15/h6-9,12-13,15H,2-5,10-11H2,1H3,(H,24,29)(H,23,25,26). The van der Waals surface area contributed by atoms with Gasteiger partial charge in [0.25, 0.3) is 5.91 Å². The van der Waals surface area contributed by atoms with Crippen molar-refractivity contribution in [3.8, 4) is 0 Å². The summed E-state index contributed by atoms with van der Waals surface area (Å²) in [5, 5.41) is 9.98. The van der Waals surface area contributed by atoms with Crippen LogP contribution >= 0.6 is 0 Å². The first-order valence-corrected chi connectivity index (χ1v) is 10.4. The van der Waals surface area contributed by atoms with E-state index in [1.165, 1.54) is 12.8 Å². The molecule has 1 aromatic carbocycles. The molecule has 0 radical (unpaired) electrons. The molecule has 3 aromatic rings. The second kappa shape index (κ2) is 7.78. The first kappa shape index (κ1) is 18.6. The van der Waals surface area contributed by atoms with Crippen LogP contribution in [0.1, 0.15) is 53.5 Å². The van der Waals surface area contributed by atoms with Gasteiger partial charge >= 0.3 is 0 Å². The monoisotopic (exact) mass is 404 g/mol. The minimum Gasteiger partial charge on any atom is -0.360 e. The number of carbonyl (C=O) groups is 1. The normalized spacial score (nSPS) is 16.0. The summed E-state index contributed by atoms with van der Waals surface area (Å²) in [6, 6.07) is 11.2. The van der Waals surface area contributed by atoms with E-state index in [2.05, 4.69) is 30.7 Å². The Kier molecular flexibility index (Phi) is 4.82. The van der Waals surface area contributed by atoms with E-state index in [1.54, 1.807) is 6.07 Å². The third kappa shape index (κ3) is 4.12. The number of aromatic nitrogens is 3. The molecular weight excluding hydrogens is 380 g/mol. The number of rotatable bonds is 6. The van der Waals surface area contributed by atoms with E-state index in [4.69, 9.17) is 4.52 Å². The van der Waals surface area contributed by atoms with E-state index in [9.17, 15) is 4.79 Å². The van der Waals surface area contributed by atoms with Gasteiger partial charge in [-0.05, 0) is 56.9 Å². The van der Waals surface area contributed by atoms with Gasteiger partial charge in [-0.25, -0.2) is 4.98 Å². The lowest BCUT2D eigenvalue weighted by Crippen LogP contribution is -2.19. The SMILES string of the molecule is Cc1cc(N2CCCC2)nc(Nc2ccc(NC(=O)c3cc(C4CC4)on3)cc2)n1. The van der Waals surface area contributed by atoms with Gasteiger partial charge in [-0.1, -0.05) is 5.16 Å². The third-order valence-electron chi connectivity index (χ3n) is 5.41. The minimum absolute atomic E-state index is 0.274. The Labute approximate surface area is 174 Å². The molecule has 2 N–H and O–H groups in total. The van der Waals surface area contributed by atoms with E-state index in [0.717, 1.165) is 48.9 Å². The molecule has 2 fully saturated rings. The summed E-state index contributed by atoms with van der Waals surface area (Å²) in [6.07, 6.45) is 4.62. The van der Waals surface area contributed by atoms with Crippen LogP contribution in [0.25, 0.3) is 0 Å². The third-order valence-corrected chi connectivity index (χ3v) is 5.41. The molecule has 1 aliphatic carbocycles. The number of nitrogens with one attached hydrogen (secondary N) is 2. The molecule has 0 unspecified atom stereocenters. The fourth-order valence-corrected chi connectivity index (χ4v) is 3.63. The topological polar surface area (TPSA) is 96.2 Å². The molecule has 0 atom stereocenters. The van der Waals surface area contributed by atoms with Gasteiger partial charge in [0.1, 0.15) is 11.6 Å². The molecule has 5 rings (SSSR count). The molecular formula is C22H24N6O2. The van der Waals surface area contributed by atoms with Crippen molar-refractivity contribution in [2.45, 2.75) is 38.5 Å². The van der Waals surface area contributed by atoms with Gasteiger partial charge in [0, 0.05) is 48.2 Å². The highest BCUT2D eigenvalue weighted by molar-refractivity contribution is 6.02. The highest BCUT2D eigenvalue weighted by Gasteiger charge is 2.28. The van der Waals surface area contributed by atoms with E-state index >= 15 is 0 Å². The van der Waals surface area contributed by atoms with Crippen molar-refractivity contribution in [3.05, 3.63) is 53.5 Å². The van der Waals surface area contributed by atoms with Crippen molar-refractivity contribution < 1.29 is 9.32 Å². The summed E-state index contributed by atoms with van der Waals surface area (Å²) in [6.45, 7) is 4.06. The molecule has 1 saturated heterocycles. The summed E-state index contributed by atoms with van der Waals surface area (Å²) in [5.74, 6) is 2.49. The van der Waals surface area contributed by atoms with Crippen molar-refractivity contribution in [2.75, 3.05) is 28.6 Å². The van der Waals surface area contributed by atoms with Crippen molar-refractivity contribution in [1.82, 2.24) is 15.1 Å². The number of carbonyl (C=O) groups excluding carboxylic acids is 1. The van der Waals surface area contributed by atoms with Gasteiger partial charge in [-0.15, -0.1) is 0 Å². The molecule has 1 aliphatic heterocycles. The van der Waals surface area contributed by atoms with Crippen LogP contribution in [0.4, 0.5) is 23.1 Å². The Morgan fingerprint density at radius 2 is 1.80 bits per heavy atom. The van der Waals surface area contributed by atoms with Crippen LogP contribution in [0.3, 0.4) is 0 Å². The minimum atomic E-state index is -0.274. The Balaban J connectivity index is 1.24. The van der Waals surface area contributed by atoms with E-state index in [0.29, 0.717) is 23.2 Å². The van der Waals surface area contributed by atoms with Crippen molar-refractivity contribution in [2.24, 2.45) is 0 Å². The average Bonchev–Trinajstić information content (AvgIpc) is 3.23. The molecule has 1 saturated carbocycles. The zero-order valence-corrected chi connectivity index (χ0v) is 16.9. The fraction of sp³-hybridized carbons (Fsp3) is 0.364. The van der Waals surface area contributed by atoms with Gasteiger partial charge in [-0.3, -0.25) is 4.79 Å². The first-order chi connectivity index (χ1) is 14.6. The Morgan fingerprint density at radius 1 is 1.07 bits per heavy atom. The molecule has 30 heavy (non-hydrogen) atoms. The molecule has 2 aromatic heterocycles. The highest BCUT2D eigenvalue weighted by atomic mass is 16.5. The molecule has 8 nitrogen and oxygen atoms in total. The maximum atomic E-state index is 12.4. The maximum absolute atomic E-state index is 12.4. The fourth-order valence-electron chi connectivity index (χ4n) is 3.63. The van der Waals surface area contributed by atoms with E-state index in [1.807, 2.05) is 37.3 Å². The molecule has 154 valence electrons. The largest absolute Gasteiger partial charge is 0.360 e. The average molecular weight is 404 g/mol. The van der Waals surface area contributed by atoms with Crippen LogP contribution in [-0.2, 0) is 0 Å². The number of aryl methyl sites for hydroxylation is 1. The van der Waals surface area contributed by atoms with Gasteiger partial charge in [-0.2, -0.15) is 4.98 Å². The summed E-state index contributed by atoms with van der Waals surface area (Å²) < 4.78 is 5.25. The highest BCUT2D eigenvalue weighted by Crippen LogP contribution is 2.40. The van der Waals surface area contributed by atoms with Crippen LogP contribution in [0.5, 0.6) is 0 Å². The zero-order valence-electron chi connectivity index (χ0n) is 16.9. The molecule has 1 amide bonds. The molecule has 0 spiro atoms. The van der Waals surface area contributed by atoms with Crippen molar-refractivity contribution in [1.29, 1.82) is 0 Å². The van der Waals surface area contributed by atoms with Crippen LogP contribution in [0.2, 0.25) is 0 Å². The second-order valence-corrected chi connectivity index (χ2v) is 7.93. The van der Waals surface area contributed by atoms with Gasteiger partial charge in [0.2, 0.25) is 5.95 Å². The lowest BCUT2D eigenvalue weighted by molar-refractivity contribution is 0.101.